The molecule has 3 fully saturated rings. The molecule has 2 aliphatic carbocycles. The van der Waals surface area contributed by atoms with Crippen LogP contribution in [0.1, 0.15) is 44.2 Å². The zero-order chi connectivity index (χ0) is 13.9. The third kappa shape index (κ3) is 1.92. The highest BCUT2D eigenvalue weighted by Gasteiger charge is 2.58. The number of carbonyl (C=O) groups is 1. The van der Waals surface area contributed by atoms with Gasteiger partial charge < -0.3 is 5.32 Å². The first-order valence-electron chi connectivity index (χ1n) is 8.00. The van der Waals surface area contributed by atoms with E-state index >= 15 is 0 Å². The minimum Gasteiger partial charge on any atom is -0.310 e. The van der Waals surface area contributed by atoms with E-state index < -0.39 is 0 Å². The van der Waals surface area contributed by atoms with E-state index in [4.69, 9.17) is 0 Å². The highest BCUT2D eigenvalue weighted by atomic mass is 35.5. The van der Waals surface area contributed by atoms with Gasteiger partial charge in [-0.1, -0.05) is 31.2 Å². The fourth-order valence-electron chi connectivity index (χ4n) is 5.44. The SMILES string of the molecule is CCC12CC3NC(Cc4ccccc41)C2CC3C(C)=O.Cl. The third-order valence-electron chi connectivity index (χ3n) is 6.35. The molecule has 2 saturated heterocycles. The molecule has 4 bridgehead atoms. The monoisotopic (exact) mass is 305 g/mol. The second-order valence-electron chi connectivity index (χ2n) is 7.01. The summed E-state index contributed by atoms with van der Waals surface area (Å²) in [5, 5.41) is 3.79. The van der Waals surface area contributed by atoms with Gasteiger partial charge in [0.05, 0.1) is 0 Å². The van der Waals surface area contributed by atoms with Crippen molar-refractivity contribution in [2.45, 2.75) is 57.0 Å². The molecule has 4 aliphatic rings. The summed E-state index contributed by atoms with van der Waals surface area (Å²) in [4.78, 5) is 11.9. The Bertz CT molecular complexity index is 572. The zero-order valence-electron chi connectivity index (χ0n) is 12.8. The van der Waals surface area contributed by atoms with Crippen molar-refractivity contribution in [3.63, 3.8) is 0 Å². The van der Waals surface area contributed by atoms with Gasteiger partial charge in [-0.3, -0.25) is 4.79 Å². The van der Waals surface area contributed by atoms with Crippen molar-refractivity contribution in [3.8, 4) is 0 Å². The fraction of sp³-hybridized carbons (Fsp3) is 0.611. The maximum absolute atomic E-state index is 11.9. The Morgan fingerprint density at radius 1 is 1.33 bits per heavy atom. The molecule has 21 heavy (non-hydrogen) atoms. The lowest BCUT2D eigenvalue weighted by Gasteiger charge is -2.61. The van der Waals surface area contributed by atoms with Crippen LogP contribution in [0.3, 0.4) is 0 Å². The van der Waals surface area contributed by atoms with Crippen molar-refractivity contribution in [2.75, 3.05) is 0 Å². The largest absolute Gasteiger partial charge is 0.310 e. The molecule has 2 nitrogen and oxygen atoms in total. The molecule has 0 spiro atoms. The number of hydrogen-bond acceptors (Lipinski definition) is 2. The van der Waals surface area contributed by atoms with E-state index in [-0.39, 0.29) is 18.3 Å². The van der Waals surface area contributed by atoms with Crippen LogP contribution in [0, 0.1) is 11.8 Å². The summed E-state index contributed by atoms with van der Waals surface area (Å²) in [7, 11) is 0. The number of rotatable bonds is 2. The first-order chi connectivity index (χ1) is 9.65. The molecular formula is C18H24ClNO. The highest BCUT2D eigenvalue weighted by molar-refractivity contribution is 5.85. The third-order valence-corrected chi connectivity index (χ3v) is 6.35. The van der Waals surface area contributed by atoms with E-state index in [1.807, 2.05) is 0 Å². The van der Waals surface area contributed by atoms with E-state index in [9.17, 15) is 4.79 Å². The fourth-order valence-corrected chi connectivity index (χ4v) is 5.44. The quantitative estimate of drug-likeness (QED) is 0.908. The van der Waals surface area contributed by atoms with E-state index in [2.05, 4.69) is 36.5 Å². The van der Waals surface area contributed by atoms with Crippen molar-refractivity contribution in [2.24, 2.45) is 11.8 Å². The Balaban J connectivity index is 0.00000132. The molecule has 2 aliphatic heterocycles. The normalized spacial score (nSPS) is 39.3. The Morgan fingerprint density at radius 3 is 2.76 bits per heavy atom. The van der Waals surface area contributed by atoms with Gasteiger partial charge >= 0.3 is 0 Å². The summed E-state index contributed by atoms with van der Waals surface area (Å²) < 4.78 is 0. The molecule has 1 aromatic rings. The average Bonchev–Trinajstić information content (AvgIpc) is 2.46. The Hall–Kier alpha value is -0.860. The topological polar surface area (TPSA) is 29.1 Å². The molecule has 2 heterocycles. The van der Waals surface area contributed by atoms with Crippen LogP contribution >= 0.6 is 12.4 Å². The van der Waals surface area contributed by atoms with Crippen LogP contribution in [-0.2, 0) is 16.6 Å². The van der Waals surface area contributed by atoms with Crippen molar-refractivity contribution in [1.29, 1.82) is 0 Å². The lowest BCUT2D eigenvalue weighted by atomic mass is 9.48. The van der Waals surface area contributed by atoms with Gasteiger partial charge in [0.15, 0.2) is 0 Å². The first kappa shape index (κ1) is 15.1. The standard InChI is InChI=1S/C18H23NO.ClH/c1-3-18-10-17-13(11(2)20)9-15(18)16(19-17)8-12-6-4-5-7-14(12)18;/h4-7,13,15-17,19H,3,8-10H2,1-2H3;1H. The van der Waals surface area contributed by atoms with Crippen LogP contribution in [0.2, 0.25) is 0 Å². The summed E-state index contributed by atoms with van der Waals surface area (Å²) in [6.07, 6.45) is 4.59. The van der Waals surface area contributed by atoms with Crippen LogP contribution in [-0.4, -0.2) is 17.9 Å². The van der Waals surface area contributed by atoms with Gasteiger partial charge in [-0.2, -0.15) is 0 Å². The Kier molecular flexibility index (Phi) is 3.66. The molecule has 3 heteroatoms. The second-order valence-corrected chi connectivity index (χ2v) is 7.01. The van der Waals surface area contributed by atoms with Crippen LogP contribution in [0.25, 0.3) is 0 Å². The number of halogens is 1. The van der Waals surface area contributed by atoms with Crippen LogP contribution in [0.5, 0.6) is 0 Å². The average molecular weight is 306 g/mol. The summed E-state index contributed by atoms with van der Waals surface area (Å²) in [5.41, 5.74) is 3.43. The first-order valence-corrected chi connectivity index (χ1v) is 8.00. The van der Waals surface area contributed by atoms with Crippen molar-refractivity contribution >= 4 is 18.2 Å². The van der Waals surface area contributed by atoms with E-state index in [0.717, 1.165) is 19.3 Å². The number of nitrogens with one attached hydrogen (secondary N) is 1. The van der Waals surface area contributed by atoms with Gasteiger partial charge in [-0.15, -0.1) is 12.4 Å². The second kappa shape index (κ2) is 5.10. The van der Waals surface area contributed by atoms with Gasteiger partial charge in [0, 0.05) is 23.4 Å². The highest BCUT2D eigenvalue weighted by Crippen LogP contribution is 2.56. The molecule has 0 radical (unpaired) electrons. The van der Waals surface area contributed by atoms with Crippen molar-refractivity contribution in [3.05, 3.63) is 35.4 Å². The predicted molar refractivity (Wildman–Crippen MR) is 87.0 cm³/mol. The van der Waals surface area contributed by atoms with E-state index in [0.29, 0.717) is 29.2 Å². The van der Waals surface area contributed by atoms with E-state index in [1.165, 1.54) is 12.0 Å². The van der Waals surface area contributed by atoms with E-state index in [1.54, 1.807) is 12.5 Å². The maximum Gasteiger partial charge on any atom is 0.134 e. The Morgan fingerprint density at radius 2 is 2.10 bits per heavy atom. The molecule has 5 unspecified atom stereocenters. The molecule has 114 valence electrons. The maximum atomic E-state index is 11.9. The minimum atomic E-state index is 0. The van der Waals surface area contributed by atoms with Gasteiger partial charge in [0.1, 0.15) is 5.78 Å². The van der Waals surface area contributed by atoms with Gasteiger partial charge in [-0.05, 0) is 49.7 Å². The molecule has 1 aromatic carbocycles. The number of fused-ring (bicyclic) bond motifs is 2. The molecule has 0 amide bonds. The molecule has 5 atom stereocenters. The number of carbonyl (C=O) groups excluding carboxylic acids is 1. The van der Waals surface area contributed by atoms with Crippen LogP contribution in [0.4, 0.5) is 0 Å². The number of Topliss-reactive ketones (excluding diaryl/α,β-unsaturated/α-hetero) is 1. The zero-order valence-corrected chi connectivity index (χ0v) is 13.6. The summed E-state index contributed by atoms with van der Waals surface area (Å²) in [5.74, 6) is 1.27. The molecule has 1 saturated carbocycles. The minimum absolute atomic E-state index is 0. The number of hydrogen-bond donors (Lipinski definition) is 1. The summed E-state index contributed by atoms with van der Waals surface area (Å²) >= 11 is 0. The molecule has 1 N–H and O–H groups in total. The predicted octanol–water partition coefficient (Wildman–Crippen LogP) is 3.27. The Labute approximate surface area is 133 Å². The summed E-state index contributed by atoms with van der Waals surface area (Å²) in [6.45, 7) is 4.11. The molecular weight excluding hydrogens is 282 g/mol. The number of piperidine rings is 2. The van der Waals surface area contributed by atoms with Gasteiger partial charge in [0.25, 0.3) is 0 Å². The lowest BCUT2D eigenvalue weighted by Crippen LogP contribution is -2.69. The number of benzene rings is 1. The van der Waals surface area contributed by atoms with Gasteiger partial charge in [0.2, 0.25) is 0 Å². The van der Waals surface area contributed by atoms with Crippen molar-refractivity contribution in [1.82, 2.24) is 5.32 Å². The molecule has 5 rings (SSSR count). The van der Waals surface area contributed by atoms with Crippen LogP contribution < -0.4 is 5.32 Å². The summed E-state index contributed by atoms with van der Waals surface area (Å²) in [6, 6.07) is 9.98. The van der Waals surface area contributed by atoms with Gasteiger partial charge in [-0.25, -0.2) is 0 Å². The van der Waals surface area contributed by atoms with Crippen LogP contribution in [0.15, 0.2) is 24.3 Å². The number of ketones is 1. The lowest BCUT2D eigenvalue weighted by molar-refractivity contribution is -0.127. The van der Waals surface area contributed by atoms with Crippen molar-refractivity contribution < 1.29 is 4.79 Å². The molecule has 0 aromatic heterocycles. The smallest absolute Gasteiger partial charge is 0.134 e.